The second-order valence-electron chi connectivity index (χ2n) is 6.08. The molecule has 1 N–H and O–H groups in total. The first-order chi connectivity index (χ1) is 8.41. The number of carboxylic acids is 1. The summed E-state index contributed by atoms with van der Waals surface area (Å²) in [6, 6.07) is -0.115. The molecule has 0 bridgehead atoms. The van der Waals surface area contributed by atoms with Gasteiger partial charge in [-0.05, 0) is 24.7 Å². The molecule has 0 saturated carbocycles. The molecule has 1 atom stereocenters. The molecule has 0 amide bonds. The van der Waals surface area contributed by atoms with Crippen LogP contribution in [-0.4, -0.2) is 47.8 Å². The SMILES string of the molecule is CC(C)CC(CC(C)C)N1CCOCC1C(=O)O. The summed E-state index contributed by atoms with van der Waals surface area (Å²) in [5, 5.41) is 9.30. The molecule has 18 heavy (non-hydrogen) atoms. The second-order valence-corrected chi connectivity index (χ2v) is 6.08. The Morgan fingerprint density at radius 2 is 1.83 bits per heavy atom. The van der Waals surface area contributed by atoms with Gasteiger partial charge in [-0.2, -0.15) is 0 Å². The number of hydrogen-bond donors (Lipinski definition) is 1. The molecule has 4 nitrogen and oxygen atoms in total. The maximum Gasteiger partial charge on any atom is 0.323 e. The first kappa shape index (κ1) is 15.4. The lowest BCUT2D eigenvalue weighted by Crippen LogP contribution is -2.54. The minimum absolute atomic E-state index is 0.321. The lowest BCUT2D eigenvalue weighted by Gasteiger charge is -2.40. The molecule has 0 radical (unpaired) electrons. The summed E-state index contributed by atoms with van der Waals surface area (Å²) in [6.45, 7) is 10.5. The van der Waals surface area contributed by atoms with Gasteiger partial charge in [0.1, 0.15) is 6.04 Å². The van der Waals surface area contributed by atoms with Crippen LogP contribution in [-0.2, 0) is 9.53 Å². The Morgan fingerprint density at radius 1 is 1.28 bits per heavy atom. The molecule has 1 heterocycles. The van der Waals surface area contributed by atoms with Crippen molar-refractivity contribution in [2.75, 3.05) is 19.8 Å². The van der Waals surface area contributed by atoms with Crippen LogP contribution in [0.25, 0.3) is 0 Å². The van der Waals surface area contributed by atoms with E-state index in [0.29, 0.717) is 31.1 Å². The average Bonchev–Trinajstić information content (AvgIpc) is 2.26. The summed E-state index contributed by atoms with van der Waals surface area (Å²) in [6.07, 6.45) is 2.12. The van der Waals surface area contributed by atoms with E-state index >= 15 is 0 Å². The molecule has 1 rings (SSSR count). The minimum atomic E-state index is -0.757. The Hall–Kier alpha value is -0.610. The Balaban J connectivity index is 2.76. The van der Waals surface area contributed by atoms with Gasteiger partial charge in [0.25, 0.3) is 0 Å². The average molecular weight is 257 g/mol. The third-order valence-corrected chi connectivity index (χ3v) is 3.41. The standard InChI is InChI=1S/C14H27NO3/c1-10(2)7-12(8-11(3)4)15-5-6-18-9-13(15)14(16)17/h10-13H,5-9H2,1-4H3,(H,16,17). The number of aliphatic carboxylic acids is 1. The molecule has 1 saturated heterocycles. The van der Waals surface area contributed by atoms with Crippen molar-refractivity contribution < 1.29 is 14.6 Å². The molecule has 106 valence electrons. The summed E-state index contributed by atoms with van der Waals surface area (Å²) in [7, 11) is 0. The van der Waals surface area contributed by atoms with Crippen LogP contribution in [0.2, 0.25) is 0 Å². The van der Waals surface area contributed by atoms with Gasteiger partial charge in [-0.15, -0.1) is 0 Å². The van der Waals surface area contributed by atoms with E-state index in [1.54, 1.807) is 0 Å². The third-order valence-electron chi connectivity index (χ3n) is 3.41. The first-order valence-corrected chi connectivity index (χ1v) is 6.98. The Morgan fingerprint density at radius 3 is 2.28 bits per heavy atom. The van der Waals surface area contributed by atoms with E-state index in [4.69, 9.17) is 4.74 Å². The quantitative estimate of drug-likeness (QED) is 0.793. The smallest absolute Gasteiger partial charge is 0.323 e. The van der Waals surface area contributed by atoms with Gasteiger partial charge >= 0.3 is 5.97 Å². The molecular formula is C14H27NO3. The number of nitrogens with zero attached hydrogens (tertiary/aromatic N) is 1. The summed E-state index contributed by atoms with van der Waals surface area (Å²) < 4.78 is 5.31. The predicted octanol–water partition coefficient (Wildman–Crippen LogP) is 2.23. The van der Waals surface area contributed by atoms with E-state index < -0.39 is 12.0 Å². The van der Waals surface area contributed by atoms with Crippen LogP contribution in [0.3, 0.4) is 0 Å². The summed E-state index contributed by atoms with van der Waals surface area (Å²) in [5.41, 5.74) is 0. The van der Waals surface area contributed by atoms with E-state index in [-0.39, 0.29) is 0 Å². The minimum Gasteiger partial charge on any atom is -0.480 e. The summed E-state index contributed by atoms with van der Waals surface area (Å²) >= 11 is 0. The first-order valence-electron chi connectivity index (χ1n) is 6.98. The number of morpholine rings is 1. The Bertz CT molecular complexity index is 256. The van der Waals surface area contributed by atoms with Gasteiger partial charge in [0, 0.05) is 12.6 Å². The van der Waals surface area contributed by atoms with Crippen LogP contribution in [0.1, 0.15) is 40.5 Å². The maximum absolute atomic E-state index is 11.3. The summed E-state index contributed by atoms with van der Waals surface area (Å²) in [4.78, 5) is 13.5. The van der Waals surface area contributed by atoms with Crippen LogP contribution in [0, 0.1) is 11.8 Å². The lowest BCUT2D eigenvalue weighted by atomic mass is 9.93. The highest BCUT2D eigenvalue weighted by atomic mass is 16.5. The lowest BCUT2D eigenvalue weighted by molar-refractivity contribution is -0.152. The molecule has 0 aromatic rings. The van der Waals surface area contributed by atoms with Crippen molar-refractivity contribution in [2.24, 2.45) is 11.8 Å². The largest absolute Gasteiger partial charge is 0.480 e. The highest BCUT2D eigenvalue weighted by Crippen LogP contribution is 2.23. The van der Waals surface area contributed by atoms with E-state index in [0.717, 1.165) is 19.4 Å². The zero-order chi connectivity index (χ0) is 13.7. The van der Waals surface area contributed by atoms with Gasteiger partial charge in [-0.25, -0.2) is 0 Å². The molecule has 0 aliphatic carbocycles. The molecule has 1 aliphatic rings. The van der Waals surface area contributed by atoms with Gasteiger partial charge < -0.3 is 9.84 Å². The monoisotopic (exact) mass is 257 g/mol. The van der Waals surface area contributed by atoms with E-state index in [2.05, 4.69) is 32.6 Å². The molecule has 0 spiro atoms. The fourth-order valence-electron chi connectivity index (χ4n) is 2.72. The van der Waals surface area contributed by atoms with Crippen molar-refractivity contribution in [3.05, 3.63) is 0 Å². The van der Waals surface area contributed by atoms with E-state index in [9.17, 15) is 9.90 Å². The number of carbonyl (C=O) groups is 1. The number of rotatable bonds is 6. The van der Waals surface area contributed by atoms with Crippen molar-refractivity contribution >= 4 is 5.97 Å². The van der Waals surface area contributed by atoms with Crippen LogP contribution in [0.4, 0.5) is 0 Å². The molecule has 0 aromatic carbocycles. The molecule has 0 aromatic heterocycles. The molecule has 1 aliphatic heterocycles. The number of hydrogen-bond acceptors (Lipinski definition) is 3. The van der Waals surface area contributed by atoms with Gasteiger partial charge in [0.15, 0.2) is 0 Å². The number of ether oxygens (including phenoxy) is 1. The normalized spacial score (nSPS) is 22.1. The predicted molar refractivity (Wildman–Crippen MR) is 71.6 cm³/mol. The fourth-order valence-corrected chi connectivity index (χ4v) is 2.72. The highest BCUT2D eigenvalue weighted by molar-refractivity contribution is 5.73. The second kappa shape index (κ2) is 7.10. The van der Waals surface area contributed by atoms with Gasteiger partial charge in [-0.3, -0.25) is 9.69 Å². The van der Waals surface area contributed by atoms with Crippen molar-refractivity contribution in [1.82, 2.24) is 4.90 Å². The van der Waals surface area contributed by atoms with Crippen molar-refractivity contribution in [3.8, 4) is 0 Å². The third kappa shape index (κ3) is 4.58. The Kier molecular flexibility index (Phi) is 6.09. The van der Waals surface area contributed by atoms with Crippen molar-refractivity contribution in [1.29, 1.82) is 0 Å². The van der Waals surface area contributed by atoms with E-state index in [1.807, 2.05) is 0 Å². The molecule has 4 heteroatoms. The highest BCUT2D eigenvalue weighted by Gasteiger charge is 2.34. The zero-order valence-corrected chi connectivity index (χ0v) is 12.1. The fraction of sp³-hybridized carbons (Fsp3) is 0.929. The van der Waals surface area contributed by atoms with Crippen LogP contribution >= 0.6 is 0 Å². The van der Waals surface area contributed by atoms with E-state index in [1.165, 1.54) is 0 Å². The zero-order valence-electron chi connectivity index (χ0n) is 12.1. The summed E-state index contributed by atoms with van der Waals surface area (Å²) in [5.74, 6) is 0.421. The Labute approximate surface area is 110 Å². The number of carboxylic acid groups (broad SMARTS) is 1. The topological polar surface area (TPSA) is 49.8 Å². The van der Waals surface area contributed by atoms with Gasteiger partial charge in [0.2, 0.25) is 0 Å². The van der Waals surface area contributed by atoms with Gasteiger partial charge in [0.05, 0.1) is 13.2 Å². The van der Waals surface area contributed by atoms with Crippen molar-refractivity contribution in [3.63, 3.8) is 0 Å². The van der Waals surface area contributed by atoms with Gasteiger partial charge in [-0.1, -0.05) is 27.7 Å². The molecular weight excluding hydrogens is 230 g/mol. The molecule has 1 unspecified atom stereocenters. The maximum atomic E-state index is 11.3. The van der Waals surface area contributed by atoms with Crippen LogP contribution < -0.4 is 0 Å². The molecule has 1 fully saturated rings. The van der Waals surface area contributed by atoms with Crippen LogP contribution in [0.15, 0.2) is 0 Å². The van der Waals surface area contributed by atoms with Crippen LogP contribution in [0.5, 0.6) is 0 Å². The van der Waals surface area contributed by atoms with Crippen molar-refractivity contribution in [2.45, 2.75) is 52.6 Å².